The van der Waals surface area contributed by atoms with Gasteiger partial charge in [-0.25, -0.2) is 0 Å². The SMILES string of the molecule is CC(N)=NCc1ccon1. The minimum Gasteiger partial charge on any atom is -0.388 e. The van der Waals surface area contributed by atoms with Crippen molar-refractivity contribution in [1.29, 1.82) is 0 Å². The van der Waals surface area contributed by atoms with Gasteiger partial charge in [-0.2, -0.15) is 0 Å². The second kappa shape index (κ2) is 3.00. The number of aromatic nitrogens is 1. The van der Waals surface area contributed by atoms with E-state index in [1.807, 2.05) is 0 Å². The summed E-state index contributed by atoms with van der Waals surface area (Å²) in [5, 5.41) is 3.65. The summed E-state index contributed by atoms with van der Waals surface area (Å²) >= 11 is 0. The van der Waals surface area contributed by atoms with E-state index in [1.165, 1.54) is 6.26 Å². The zero-order valence-electron chi connectivity index (χ0n) is 5.74. The van der Waals surface area contributed by atoms with Crippen LogP contribution in [-0.4, -0.2) is 11.0 Å². The smallest absolute Gasteiger partial charge is 0.124 e. The maximum atomic E-state index is 5.30. The molecule has 0 spiro atoms. The summed E-state index contributed by atoms with van der Waals surface area (Å²) in [5.74, 6) is 0.558. The number of hydrogen-bond acceptors (Lipinski definition) is 3. The van der Waals surface area contributed by atoms with Gasteiger partial charge in [-0.1, -0.05) is 5.16 Å². The first-order valence-corrected chi connectivity index (χ1v) is 2.95. The molecule has 0 unspecified atom stereocenters. The Kier molecular flexibility index (Phi) is 2.04. The summed E-state index contributed by atoms with van der Waals surface area (Å²) in [7, 11) is 0. The van der Waals surface area contributed by atoms with Crippen LogP contribution >= 0.6 is 0 Å². The minimum absolute atomic E-state index is 0.499. The van der Waals surface area contributed by atoms with Gasteiger partial charge >= 0.3 is 0 Å². The summed E-state index contributed by atoms with van der Waals surface area (Å²) in [4.78, 5) is 3.94. The molecule has 1 heterocycles. The molecule has 0 aliphatic rings. The Balaban J connectivity index is 2.49. The summed E-state index contributed by atoms with van der Waals surface area (Å²) in [5.41, 5.74) is 6.10. The van der Waals surface area contributed by atoms with Gasteiger partial charge < -0.3 is 10.3 Å². The van der Waals surface area contributed by atoms with E-state index in [-0.39, 0.29) is 0 Å². The Bertz CT molecular complexity index is 211. The molecular weight excluding hydrogens is 130 g/mol. The van der Waals surface area contributed by atoms with Crippen LogP contribution in [0, 0.1) is 0 Å². The highest BCUT2D eigenvalue weighted by atomic mass is 16.5. The van der Waals surface area contributed by atoms with Crippen LogP contribution in [0.25, 0.3) is 0 Å². The van der Waals surface area contributed by atoms with Gasteiger partial charge in [-0.05, 0) is 6.92 Å². The van der Waals surface area contributed by atoms with Crippen molar-refractivity contribution in [1.82, 2.24) is 5.16 Å². The van der Waals surface area contributed by atoms with Crippen LogP contribution in [-0.2, 0) is 6.54 Å². The zero-order chi connectivity index (χ0) is 7.40. The zero-order valence-corrected chi connectivity index (χ0v) is 5.74. The van der Waals surface area contributed by atoms with Crippen LogP contribution in [0.3, 0.4) is 0 Å². The first-order chi connectivity index (χ1) is 4.79. The van der Waals surface area contributed by atoms with Crippen LogP contribution in [0.2, 0.25) is 0 Å². The quantitative estimate of drug-likeness (QED) is 0.480. The third-order valence-electron chi connectivity index (χ3n) is 0.982. The normalized spacial score (nSPS) is 11.9. The molecule has 54 valence electrons. The van der Waals surface area contributed by atoms with Crippen molar-refractivity contribution in [3.05, 3.63) is 18.0 Å². The van der Waals surface area contributed by atoms with Gasteiger partial charge in [-0.15, -0.1) is 0 Å². The maximum Gasteiger partial charge on any atom is 0.124 e. The van der Waals surface area contributed by atoms with Crippen molar-refractivity contribution in [3.63, 3.8) is 0 Å². The average molecular weight is 139 g/mol. The third kappa shape index (κ3) is 1.89. The van der Waals surface area contributed by atoms with Crippen LogP contribution in [0.4, 0.5) is 0 Å². The highest BCUT2D eigenvalue weighted by Crippen LogP contribution is 1.95. The molecule has 0 atom stereocenters. The van der Waals surface area contributed by atoms with Crippen LogP contribution in [0.5, 0.6) is 0 Å². The number of hydrogen-bond donors (Lipinski definition) is 1. The summed E-state index contributed by atoms with van der Waals surface area (Å²) in [6, 6.07) is 1.76. The van der Waals surface area contributed by atoms with Crippen LogP contribution in [0.1, 0.15) is 12.6 Å². The lowest BCUT2D eigenvalue weighted by Crippen LogP contribution is -2.05. The predicted octanol–water partition coefficient (Wildman–Crippen LogP) is 0.552. The fourth-order valence-electron chi connectivity index (χ4n) is 0.525. The molecule has 4 nitrogen and oxygen atoms in total. The molecule has 10 heavy (non-hydrogen) atoms. The average Bonchev–Trinajstić information content (AvgIpc) is 2.34. The van der Waals surface area contributed by atoms with E-state index in [2.05, 4.69) is 14.7 Å². The fraction of sp³-hybridized carbons (Fsp3) is 0.333. The molecule has 0 bridgehead atoms. The second-order valence-corrected chi connectivity index (χ2v) is 1.95. The molecule has 0 aliphatic carbocycles. The lowest BCUT2D eigenvalue weighted by molar-refractivity contribution is 0.412. The molecule has 0 aromatic carbocycles. The molecule has 0 aliphatic heterocycles. The first kappa shape index (κ1) is 6.80. The molecule has 0 radical (unpaired) electrons. The van der Waals surface area contributed by atoms with Crippen molar-refractivity contribution in [3.8, 4) is 0 Å². The van der Waals surface area contributed by atoms with E-state index < -0.39 is 0 Å². The molecule has 4 heteroatoms. The molecule has 2 N–H and O–H groups in total. The number of rotatable bonds is 2. The van der Waals surface area contributed by atoms with E-state index >= 15 is 0 Å². The van der Waals surface area contributed by atoms with E-state index in [9.17, 15) is 0 Å². The van der Waals surface area contributed by atoms with Crippen molar-refractivity contribution < 1.29 is 4.52 Å². The second-order valence-electron chi connectivity index (χ2n) is 1.95. The van der Waals surface area contributed by atoms with Gasteiger partial charge in [0.2, 0.25) is 0 Å². The molecule has 1 aromatic rings. The molecule has 0 saturated carbocycles. The molecule has 0 fully saturated rings. The minimum atomic E-state index is 0.499. The summed E-state index contributed by atoms with van der Waals surface area (Å²) < 4.78 is 4.59. The van der Waals surface area contributed by atoms with Crippen molar-refractivity contribution in [2.75, 3.05) is 0 Å². The van der Waals surface area contributed by atoms with Gasteiger partial charge in [0.05, 0.1) is 12.4 Å². The van der Waals surface area contributed by atoms with E-state index in [1.54, 1.807) is 13.0 Å². The monoisotopic (exact) mass is 139 g/mol. The molecular formula is C6H9N3O. The van der Waals surface area contributed by atoms with Gasteiger partial charge in [-0.3, -0.25) is 4.99 Å². The molecule has 1 rings (SSSR count). The number of aliphatic imine (C=N–C) groups is 1. The third-order valence-corrected chi connectivity index (χ3v) is 0.982. The Morgan fingerprint density at radius 3 is 3.20 bits per heavy atom. The van der Waals surface area contributed by atoms with Crippen molar-refractivity contribution >= 4 is 5.84 Å². The van der Waals surface area contributed by atoms with Gasteiger partial charge in [0.25, 0.3) is 0 Å². The Morgan fingerprint density at radius 2 is 2.70 bits per heavy atom. The number of nitrogens with two attached hydrogens (primary N) is 1. The van der Waals surface area contributed by atoms with Crippen LogP contribution in [0.15, 0.2) is 21.8 Å². The summed E-state index contributed by atoms with van der Waals surface area (Å²) in [6.45, 7) is 2.24. The summed E-state index contributed by atoms with van der Waals surface area (Å²) in [6.07, 6.45) is 1.51. The van der Waals surface area contributed by atoms with Gasteiger partial charge in [0.15, 0.2) is 0 Å². The van der Waals surface area contributed by atoms with E-state index in [4.69, 9.17) is 5.73 Å². The Morgan fingerprint density at radius 1 is 1.90 bits per heavy atom. The van der Waals surface area contributed by atoms with Crippen molar-refractivity contribution in [2.45, 2.75) is 13.5 Å². The van der Waals surface area contributed by atoms with Crippen LogP contribution < -0.4 is 5.73 Å². The highest BCUT2D eigenvalue weighted by molar-refractivity contribution is 5.77. The largest absolute Gasteiger partial charge is 0.388 e. The standard InChI is InChI=1S/C6H9N3O/c1-5(7)8-4-6-2-3-10-9-6/h2-3H,4H2,1H3,(H2,7,8). The lowest BCUT2D eigenvalue weighted by atomic mass is 10.4. The maximum absolute atomic E-state index is 5.30. The topological polar surface area (TPSA) is 64.4 Å². The highest BCUT2D eigenvalue weighted by Gasteiger charge is 1.91. The van der Waals surface area contributed by atoms with Gasteiger partial charge in [0, 0.05) is 6.07 Å². The van der Waals surface area contributed by atoms with Crippen molar-refractivity contribution in [2.24, 2.45) is 10.7 Å². The number of amidine groups is 1. The lowest BCUT2D eigenvalue weighted by Gasteiger charge is -1.87. The Hall–Kier alpha value is -1.32. The first-order valence-electron chi connectivity index (χ1n) is 2.95. The molecule has 0 amide bonds. The predicted molar refractivity (Wildman–Crippen MR) is 37.5 cm³/mol. The van der Waals surface area contributed by atoms with E-state index in [0.717, 1.165) is 5.69 Å². The Labute approximate surface area is 58.7 Å². The molecule has 0 saturated heterocycles. The molecule has 1 aromatic heterocycles. The van der Waals surface area contributed by atoms with E-state index in [0.29, 0.717) is 12.4 Å². The van der Waals surface area contributed by atoms with Gasteiger partial charge in [0.1, 0.15) is 12.0 Å². The fourth-order valence-corrected chi connectivity index (χ4v) is 0.525. The number of nitrogens with zero attached hydrogens (tertiary/aromatic N) is 2.